The van der Waals surface area contributed by atoms with Gasteiger partial charge in [0.2, 0.25) is 0 Å². The van der Waals surface area contributed by atoms with Gasteiger partial charge < -0.3 is 4.57 Å². The van der Waals surface area contributed by atoms with Crippen molar-refractivity contribution in [1.29, 1.82) is 0 Å². The van der Waals surface area contributed by atoms with Crippen molar-refractivity contribution in [3.63, 3.8) is 0 Å². The number of rotatable bonds is 3. The first-order valence-corrected chi connectivity index (χ1v) is 5.21. The van der Waals surface area contributed by atoms with Crippen molar-refractivity contribution in [1.82, 2.24) is 9.55 Å². The Morgan fingerprint density at radius 1 is 1.29 bits per heavy atom. The predicted octanol–water partition coefficient (Wildman–Crippen LogP) is 2.52. The monoisotopic (exact) mass is 204 g/mol. The second kappa shape index (κ2) is 4.33. The number of nitrogens with zero attached hydrogens (tertiary/aromatic N) is 2. The van der Waals surface area contributed by atoms with Gasteiger partial charge in [-0.25, -0.2) is 4.98 Å². The Kier molecular flexibility index (Phi) is 2.89. The molecule has 0 saturated carbocycles. The Morgan fingerprint density at radius 2 is 2.14 bits per heavy atom. The van der Waals surface area contributed by atoms with Crippen molar-refractivity contribution in [2.75, 3.05) is 5.75 Å². The summed E-state index contributed by atoms with van der Waals surface area (Å²) in [7, 11) is 0. The first kappa shape index (κ1) is 9.34. The van der Waals surface area contributed by atoms with Gasteiger partial charge in [-0.2, -0.15) is 12.6 Å². The fourth-order valence-corrected chi connectivity index (χ4v) is 1.57. The first-order chi connectivity index (χ1) is 6.92. The van der Waals surface area contributed by atoms with Crippen LogP contribution in [0.2, 0.25) is 0 Å². The molecule has 1 aromatic heterocycles. The zero-order chi connectivity index (χ0) is 9.80. The SMILES string of the molecule is SCC=CCn1cnc2ccccc21. The standard InChI is InChI=1S/C11H12N2S/c14-8-4-3-7-13-9-12-10-5-1-2-6-11(10)13/h1-6,9,14H,7-8H2. The second-order valence-corrected chi connectivity index (χ2v) is 3.40. The van der Waals surface area contributed by atoms with Gasteiger partial charge in [-0.3, -0.25) is 0 Å². The molecule has 0 unspecified atom stereocenters. The lowest BCUT2D eigenvalue weighted by atomic mass is 10.3. The van der Waals surface area contributed by atoms with Gasteiger partial charge in [0.1, 0.15) is 0 Å². The van der Waals surface area contributed by atoms with Crippen molar-refractivity contribution in [2.45, 2.75) is 6.54 Å². The number of fused-ring (bicyclic) bond motifs is 1. The van der Waals surface area contributed by atoms with E-state index in [4.69, 9.17) is 0 Å². The number of benzene rings is 1. The lowest BCUT2D eigenvalue weighted by molar-refractivity contribution is 0.848. The number of aromatic nitrogens is 2. The zero-order valence-electron chi connectivity index (χ0n) is 7.80. The molecular formula is C11H12N2S. The largest absolute Gasteiger partial charge is 0.327 e. The van der Waals surface area contributed by atoms with Crippen molar-refractivity contribution >= 4 is 23.7 Å². The number of para-hydroxylation sites is 2. The quantitative estimate of drug-likeness (QED) is 0.601. The maximum atomic E-state index is 4.31. The molecular weight excluding hydrogens is 192 g/mol. The van der Waals surface area contributed by atoms with Crippen molar-refractivity contribution in [3.8, 4) is 0 Å². The van der Waals surface area contributed by atoms with E-state index in [2.05, 4.69) is 34.3 Å². The second-order valence-electron chi connectivity index (χ2n) is 3.04. The molecule has 1 aromatic carbocycles. The fraction of sp³-hybridized carbons (Fsp3) is 0.182. The van der Waals surface area contributed by atoms with Crippen LogP contribution in [-0.4, -0.2) is 15.3 Å². The molecule has 0 radical (unpaired) electrons. The van der Waals surface area contributed by atoms with E-state index in [0.29, 0.717) is 0 Å². The minimum absolute atomic E-state index is 0.784. The van der Waals surface area contributed by atoms with Gasteiger partial charge in [-0.1, -0.05) is 24.3 Å². The number of allylic oxidation sites excluding steroid dienone is 1. The number of thiol groups is 1. The van der Waals surface area contributed by atoms with Gasteiger partial charge in [0, 0.05) is 12.3 Å². The molecule has 1 heterocycles. The summed E-state index contributed by atoms with van der Waals surface area (Å²) in [6.45, 7) is 0.862. The summed E-state index contributed by atoms with van der Waals surface area (Å²) in [6, 6.07) is 8.14. The van der Waals surface area contributed by atoms with Gasteiger partial charge in [0.25, 0.3) is 0 Å². The highest BCUT2D eigenvalue weighted by atomic mass is 32.1. The van der Waals surface area contributed by atoms with Crippen molar-refractivity contribution < 1.29 is 0 Å². The Balaban J connectivity index is 2.29. The Bertz CT molecular complexity index is 445. The number of imidazole rings is 1. The van der Waals surface area contributed by atoms with E-state index in [0.717, 1.165) is 17.8 Å². The minimum atomic E-state index is 0.784. The summed E-state index contributed by atoms with van der Waals surface area (Å²) < 4.78 is 2.12. The van der Waals surface area contributed by atoms with E-state index >= 15 is 0 Å². The third kappa shape index (κ3) is 1.82. The van der Waals surface area contributed by atoms with Crippen LogP contribution in [0.25, 0.3) is 11.0 Å². The third-order valence-corrected chi connectivity index (χ3v) is 2.31. The molecule has 2 rings (SSSR count). The molecule has 0 aliphatic carbocycles. The summed E-state index contributed by atoms with van der Waals surface area (Å²) in [5, 5.41) is 0. The van der Waals surface area contributed by atoms with Crippen LogP contribution < -0.4 is 0 Å². The highest BCUT2D eigenvalue weighted by molar-refractivity contribution is 7.80. The van der Waals surface area contributed by atoms with Crippen LogP contribution >= 0.6 is 12.6 Å². The molecule has 0 fully saturated rings. The molecule has 0 atom stereocenters. The highest BCUT2D eigenvalue weighted by Gasteiger charge is 1.97. The molecule has 2 nitrogen and oxygen atoms in total. The lowest BCUT2D eigenvalue weighted by Gasteiger charge is -1.98. The topological polar surface area (TPSA) is 17.8 Å². The molecule has 14 heavy (non-hydrogen) atoms. The molecule has 0 aliphatic heterocycles. The molecule has 0 aliphatic rings. The number of hydrogen-bond acceptors (Lipinski definition) is 2. The summed E-state index contributed by atoms with van der Waals surface area (Å²) in [5.41, 5.74) is 2.23. The molecule has 0 bridgehead atoms. The Labute approximate surface area is 88.7 Å². The lowest BCUT2D eigenvalue weighted by Crippen LogP contribution is -1.91. The van der Waals surface area contributed by atoms with Gasteiger partial charge >= 0.3 is 0 Å². The van der Waals surface area contributed by atoms with E-state index < -0.39 is 0 Å². The van der Waals surface area contributed by atoms with Gasteiger partial charge in [0.05, 0.1) is 17.4 Å². The Hall–Kier alpha value is -1.22. The molecule has 3 heteroatoms. The number of hydrogen-bond donors (Lipinski definition) is 1. The fourth-order valence-electron chi connectivity index (χ4n) is 1.42. The van der Waals surface area contributed by atoms with Crippen LogP contribution in [0, 0.1) is 0 Å². The van der Waals surface area contributed by atoms with Crippen LogP contribution in [0.5, 0.6) is 0 Å². The maximum Gasteiger partial charge on any atom is 0.0961 e. The van der Waals surface area contributed by atoms with Crippen molar-refractivity contribution in [2.24, 2.45) is 0 Å². The van der Waals surface area contributed by atoms with Gasteiger partial charge in [0.15, 0.2) is 0 Å². The summed E-state index contributed by atoms with van der Waals surface area (Å²) in [5.74, 6) is 0.784. The molecule has 0 N–H and O–H groups in total. The third-order valence-electron chi connectivity index (χ3n) is 2.10. The molecule has 72 valence electrons. The van der Waals surface area contributed by atoms with Gasteiger partial charge in [-0.05, 0) is 12.1 Å². The minimum Gasteiger partial charge on any atom is -0.327 e. The van der Waals surface area contributed by atoms with Crippen LogP contribution in [0.15, 0.2) is 42.7 Å². The van der Waals surface area contributed by atoms with E-state index in [1.165, 1.54) is 5.52 Å². The van der Waals surface area contributed by atoms with Crippen molar-refractivity contribution in [3.05, 3.63) is 42.7 Å². The average Bonchev–Trinajstić information content (AvgIpc) is 2.63. The van der Waals surface area contributed by atoms with E-state index in [-0.39, 0.29) is 0 Å². The van der Waals surface area contributed by atoms with Gasteiger partial charge in [-0.15, -0.1) is 0 Å². The van der Waals surface area contributed by atoms with E-state index in [1.54, 1.807) is 0 Å². The van der Waals surface area contributed by atoms with Crippen LogP contribution in [0.1, 0.15) is 0 Å². The smallest absolute Gasteiger partial charge is 0.0961 e. The predicted molar refractivity (Wildman–Crippen MR) is 62.7 cm³/mol. The maximum absolute atomic E-state index is 4.31. The molecule has 0 amide bonds. The summed E-state index contributed by atoms with van der Waals surface area (Å²) in [4.78, 5) is 4.31. The average molecular weight is 204 g/mol. The normalized spacial score (nSPS) is 11.5. The van der Waals surface area contributed by atoms with Crippen LogP contribution in [0.3, 0.4) is 0 Å². The molecule has 2 aromatic rings. The Morgan fingerprint density at radius 3 is 3.00 bits per heavy atom. The molecule has 0 saturated heterocycles. The summed E-state index contributed by atoms with van der Waals surface area (Å²) in [6.07, 6.45) is 6.01. The zero-order valence-corrected chi connectivity index (χ0v) is 8.69. The summed E-state index contributed by atoms with van der Waals surface area (Å²) >= 11 is 4.11. The van der Waals surface area contributed by atoms with E-state index in [9.17, 15) is 0 Å². The van der Waals surface area contributed by atoms with Crippen LogP contribution in [-0.2, 0) is 6.54 Å². The molecule has 0 spiro atoms. The van der Waals surface area contributed by atoms with Crippen LogP contribution in [0.4, 0.5) is 0 Å². The first-order valence-electron chi connectivity index (χ1n) is 4.57. The van der Waals surface area contributed by atoms with E-state index in [1.807, 2.05) is 30.6 Å². The highest BCUT2D eigenvalue weighted by Crippen LogP contribution is 2.11.